The maximum absolute atomic E-state index is 11.8. The van der Waals surface area contributed by atoms with Crippen molar-refractivity contribution in [3.63, 3.8) is 0 Å². The number of hydrogen-bond donors (Lipinski definition) is 2. The lowest BCUT2D eigenvalue weighted by atomic mass is 10.1. The topological polar surface area (TPSA) is 110 Å². The number of aromatic nitrogens is 4. The summed E-state index contributed by atoms with van der Waals surface area (Å²) in [6.07, 6.45) is 4.02. The molecule has 0 saturated carbocycles. The van der Waals surface area contributed by atoms with Gasteiger partial charge in [0, 0.05) is 17.4 Å². The first-order valence-corrected chi connectivity index (χ1v) is 8.84. The lowest BCUT2D eigenvalue weighted by molar-refractivity contribution is 0.111. The SMILES string of the molecule is CCOC(=O)N1CC=C(c2cnc(N)c(-c3nc4ccccc4[nH]3)n2)CC1.[HH].[HH].[HH]. The van der Waals surface area contributed by atoms with Gasteiger partial charge in [0.1, 0.15) is 5.69 Å². The summed E-state index contributed by atoms with van der Waals surface area (Å²) >= 11 is 0. The predicted molar refractivity (Wildman–Crippen MR) is 109 cm³/mol. The highest BCUT2D eigenvalue weighted by Crippen LogP contribution is 2.26. The van der Waals surface area contributed by atoms with E-state index in [4.69, 9.17) is 10.5 Å². The summed E-state index contributed by atoms with van der Waals surface area (Å²) in [6, 6.07) is 7.75. The number of benzene rings is 1. The predicted octanol–water partition coefficient (Wildman–Crippen LogP) is 3.59. The zero-order valence-corrected chi connectivity index (χ0v) is 15.0. The first kappa shape index (κ1) is 17.0. The first-order valence-electron chi connectivity index (χ1n) is 8.84. The first-order chi connectivity index (χ1) is 13.2. The van der Waals surface area contributed by atoms with Gasteiger partial charge in [-0.15, -0.1) is 0 Å². The summed E-state index contributed by atoms with van der Waals surface area (Å²) in [5, 5.41) is 0. The monoisotopic (exact) mass is 370 g/mol. The molecular weight excluding hydrogens is 344 g/mol. The Morgan fingerprint density at radius 2 is 2.22 bits per heavy atom. The molecule has 1 aromatic carbocycles. The van der Waals surface area contributed by atoms with Gasteiger partial charge in [0.25, 0.3) is 0 Å². The van der Waals surface area contributed by atoms with E-state index in [1.165, 1.54) is 0 Å². The van der Waals surface area contributed by atoms with E-state index in [-0.39, 0.29) is 10.4 Å². The minimum absolute atomic E-state index is 0. The van der Waals surface area contributed by atoms with Crippen LogP contribution in [0.3, 0.4) is 0 Å². The minimum atomic E-state index is -0.292. The molecule has 3 heterocycles. The molecule has 2 aromatic heterocycles. The molecule has 0 aliphatic carbocycles. The molecule has 0 saturated heterocycles. The van der Waals surface area contributed by atoms with Crippen LogP contribution in [0.15, 0.2) is 36.5 Å². The molecule has 0 unspecified atom stereocenters. The van der Waals surface area contributed by atoms with Crippen molar-refractivity contribution in [1.29, 1.82) is 0 Å². The molecule has 0 bridgehead atoms. The number of hydrogen-bond acceptors (Lipinski definition) is 6. The van der Waals surface area contributed by atoms with Gasteiger partial charge in [-0.2, -0.15) is 0 Å². The Bertz CT molecular complexity index is 1010. The van der Waals surface area contributed by atoms with E-state index in [0.717, 1.165) is 22.3 Å². The molecule has 27 heavy (non-hydrogen) atoms. The maximum Gasteiger partial charge on any atom is 0.410 e. The van der Waals surface area contributed by atoms with E-state index in [1.807, 2.05) is 30.3 Å². The summed E-state index contributed by atoms with van der Waals surface area (Å²) in [7, 11) is 0. The smallest absolute Gasteiger partial charge is 0.410 e. The van der Waals surface area contributed by atoms with Crippen molar-refractivity contribution in [3.8, 4) is 11.5 Å². The van der Waals surface area contributed by atoms with Crippen molar-refractivity contribution in [3.05, 3.63) is 42.2 Å². The fraction of sp³-hybridized carbons (Fsp3) is 0.263. The molecule has 1 aliphatic rings. The molecule has 1 aliphatic heterocycles. The van der Waals surface area contributed by atoms with Gasteiger partial charge in [-0.3, -0.25) is 0 Å². The van der Waals surface area contributed by atoms with Crippen LogP contribution in [0.2, 0.25) is 0 Å². The second-order valence-electron chi connectivity index (χ2n) is 6.22. The number of aromatic amines is 1. The van der Waals surface area contributed by atoms with Crippen LogP contribution in [0.1, 0.15) is 23.3 Å². The third-order valence-corrected chi connectivity index (χ3v) is 4.48. The molecule has 3 aromatic rings. The number of para-hydroxylation sites is 2. The van der Waals surface area contributed by atoms with Gasteiger partial charge in [-0.1, -0.05) is 18.2 Å². The van der Waals surface area contributed by atoms with Gasteiger partial charge in [0.05, 0.1) is 29.5 Å². The molecule has 1 amide bonds. The Hall–Kier alpha value is -3.42. The summed E-state index contributed by atoms with van der Waals surface area (Å²) in [5.74, 6) is 0.912. The molecule has 8 nitrogen and oxygen atoms in total. The fourth-order valence-corrected chi connectivity index (χ4v) is 3.07. The molecule has 0 atom stereocenters. The van der Waals surface area contributed by atoms with Gasteiger partial charge in [-0.05, 0) is 31.1 Å². The van der Waals surface area contributed by atoms with Crippen LogP contribution in [0.5, 0.6) is 0 Å². The normalized spacial score (nSPS) is 14.3. The third-order valence-electron chi connectivity index (χ3n) is 4.48. The fourth-order valence-electron chi connectivity index (χ4n) is 3.07. The highest BCUT2D eigenvalue weighted by molar-refractivity contribution is 5.81. The van der Waals surface area contributed by atoms with Gasteiger partial charge >= 0.3 is 6.09 Å². The summed E-state index contributed by atoms with van der Waals surface area (Å²) in [6.45, 7) is 3.24. The number of nitrogens with zero attached hydrogens (tertiary/aromatic N) is 4. The Morgan fingerprint density at radius 1 is 1.37 bits per heavy atom. The molecular formula is C19H26N6O2. The zero-order chi connectivity index (χ0) is 18.8. The molecule has 0 spiro atoms. The zero-order valence-electron chi connectivity index (χ0n) is 15.0. The standard InChI is InChI=1S/C19H20N6O2.3H2/c1-2-27-19(26)25-9-7-12(8-10-25)15-11-21-17(20)16(22-15)18-23-13-5-3-4-6-14(13)24-18;;;/h3-7,11H,2,8-10H2,1H3,(H2,20,21)(H,23,24);3*1H. The van der Waals surface area contributed by atoms with E-state index < -0.39 is 0 Å². The number of H-pyrrole nitrogens is 1. The third kappa shape index (κ3) is 3.33. The van der Waals surface area contributed by atoms with Crippen LogP contribution in [-0.4, -0.2) is 50.6 Å². The second-order valence-corrected chi connectivity index (χ2v) is 6.22. The van der Waals surface area contributed by atoms with Gasteiger partial charge in [-0.25, -0.2) is 19.7 Å². The number of carbonyl (C=O) groups is 1. The van der Waals surface area contributed by atoms with E-state index in [1.54, 1.807) is 18.0 Å². The molecule has 0 radical (unpaired) electrons. The summed E-state index contributed by atoms with van der Waals surface area (Å²) < 4.78 is 5.04. The largest absolute Gasteiger partial charge is 0.450 e. The number of amides is 1. The van der Waals surface area contributed by atoms with Crippen LogP contribution in [0, 0.1) is 0 Å². The van der Waals surface area contributed by atoms with Gasteiger partial charge < -0.3 is 20.4 Å². The summed E-state index contributed by atoms with van der Waals surface area (Å²) in [4.78, 5) is 30.3. The number of ether oxygens (including phenoxy) is 1. The van der Waals surface area contributed by atoms with E-state index >= 15 is 0 Å². The highest BCUT2D eigenvalue weighted by atomic mass is 16.6. The van der Waals surface area contributed by atoms with Gasteiger partial charge in [0.15, 0.2) is 11.6 Å². The Kier molecular flexibility index (Phi) is 4.45. The molecule has 144 valence electrons. The summed E-state index contributed by atoms with van der Waals surface area (Å²) in [5.41, 5.74) is 10.1. The number of carbonyl (C=O) groups excluding carboxylic acids is 1. The van der Waals surface area contributed by atoms with E-state index in [2.05, 4.69) is 19.9 Å². The maximum atomic E-state index is 11.8. The van der Waals surface area contributed by atoms with Crippen molar-refractivity contribution in [2.24, 2.45) is 0 Å². The van der Waals surface area contributed by atoms with E-state index in [9.17, 15) is 4.79 Å². The van der Waals surface area contributed by atoms with Crippen molar-refractivity contribution in [2.75, 3.05) is 25.4 Å². The van der Waals surface area contributed by atoms with Crippen LogP contribution >= 0.6 is 0 Å². The van der Waals surface area contributed by atoms with Crippen LogP contribution in [0.25, 0.3) is 28.1 Å². The Morgan fingerprint density at radius 3 is 2.96 bits per heavy atom. The number of fused-ring (bicyclic) bond motifs is 1. The number of imidazole rings is 1. The number of nitrogens with two attached hydrogens (primary N) is 1. The molecule has 4 rings (SSSR count). The van der Waals surface area contributed by atoms with Crippen molar-refractivity contribution in [2.45, 2.75) is 13.3 Å². The Labute approximate surface area is 160 Å². The van der Waals surface area contributed by atoms with E-state index in [0.29, 0.717) is 43.5 Å². The minimum Gasteiger partial charge on any atom is -0.450 e. The number of nitrogen functional groups attached to an aromatic ring is 1. The lowest BCUT2D eigenvalue weighted by Crippen LogP contribution is -2.35. The highest BCUT2D eigenvalue weighted by Gasteiger charge is 2.20. The molecule has 0 fully saturated rings. The average Bonchev–Trinajstić information content (AvgIpc) is 3.12. The molecule has 8 heteroatoms. The van der Waals surface area contributed by atoms with Crippen LogP contribution in [0.4, 0.5) is 10.6 Å². The molecule has 3 N–H and O–H groups in total. The van der Waals surface area contributed by atoms with Gasteiger partial charge in [0.2, 0.25) is 0 Å². The van der Waals surface area contributed by atoms with Crippen molar-refractivity contribution in [1.82, 2.24) is 24.8 Å². The average molecular weight is 370 g/mol. The van der Waals surface area contributed by atoms with Crippen molar-refractivity contribution < 1.29 is 13.8 Å². The Balaban J connectivity index is 0.00000150. The second kappa shape index (κ2) is 7.06. The number of anilines is 1. The van der Waals surface area contributed by atoms with Crippen LogP contribution < -0.4 is 5.73 Å². The quantitative estimate of drug-likeness (QED) is 0.729. The van der Waals surface area contributed by atoms with Crippen LogP contribution in [-0.2, 0) is 4.74 Å². The number of rotatable bonds is 3. The number of nitrogens with one attached hydrogen (secondary N) is 1. The van der Waals surface area contributed by atoms with Crippen molar-refractivity contribution >= 4 is 28.5 Å². The lowest BCUT2D eigenvalue weighted by Gasteiger charge is -2.25.